The molecule has 254 valence electrons. The van der Waals surface area contributed by atoms with Crippen LogP contribution in [-0.2, 0) is 13.0 Å². The number of nitrogens with one attached hydrogen (secondary N) is 1. The van der Waals surface area contributed by atoms with E-state index in [1.54, 1.807) is 48.5 Å². The number of thiazole rings is 1. The number of pyridine rings is 1. The molecule has 2 amide bonds. The Morgan fingerprint density at radius 2 is 1.69 bits per heavy atom. The average molecular weight is 696 g/mol. The number of benzene rings is 3. The molecule has 8 nitrogen and oxygen atoms in total. The molecule has 10 heteroatoms. The smallest absolute Gasteiger partial charge is 0.254 e. The Bertz CT molecular complexity index is 1900. The second-order valence-corrected chi connectivity index (χ2v) is 14.1. The zero-order valence-corrected chi connectivity index (χ0v) is 30.0. The van der Waals surface area contributed by atoms with Crippen LogP contribution in [0, 0.1) is 6.92 Å². The molecule has 0 saturated heterocycles. The number of likely N-dealkylation sites (N-methyl/N-ethyl adjacent to an activating group) is 1. The number of rotatable bonds is 13. The van der Waals surface area contributed by atoms with Crippen molar-refractivity contribution in [2.24, 2.45) is 0 Å². The monoisotopic (exact) mass is 695 g/mol. The highest BCUT2D eigenvalue weighted by Crippen LogP contribution is 2.27. The topological polar surface area (TPSA) is 98.7 Å². The Kier molecular flexibility index (Phi) is 11.8. The van der Waals surface area contributed by atoms with Crippen LogP contribution in [0.4, 0.5) is 5.69 Å². The molecular formula is C39H42ClN5O3S. The van der Waals surface area contributed by atoms with Crippen molar-refractivity contribution in [2.75, 3.05) is 25.5 Å². The second kappa shape index (κ2) is 16.2. The molecule has 2 heterocycles. The van der Waals surface area contributed by atoms with Gasteiger partial charge in [-0.15, -0.1) is 11.3 Å². The molecule has 5 rings (SSSR count). The van der Waals surface area contributed by atoms with E-state index in [0.717, 1.165) is 33.1 Å². The Morgan fingerprint density at radius 3 is 2.39 bits per heavy atom. The Morgan fingerprint density at radius 1 is 0.939 bits per heavy atom. The number of aromatic nitrogens is 2. The number of hydrogen-bond donors (Lipinski definition) is 2. The number of anilines is 1. The first kappa shape index (κ1) is 35.7. The van der Waals surface area contributed by atoms with Gasteiger partial charge in [0, 0.05) is 54.1 Å². The van der Waals surface area contributed by atoms with Crippen LogP contribution in [-0.4, -0.2) is 64.6 Å². The molecule has 2 atom stereocenters. The van der Waals surface area contributed by atoms with Crippen LogP contribution in [0.25, 0.3) is 11.1 Å². The number of hydrogen-bond acceptors (Lipinski definition) is 7. The van der Waals surface area contributed by atoms with Gasteiger partial charge in [-0.3, -0.25) is 14.6 Å². The van der Waals surface area contributed by atoms with E-state index in [1.807, 2.05) is 72.9 Å². The van der Waals surface area contributed by atoms with Gasteiger partial charge in [0.15, 0.2) is 0 Å². The van der Waals surface area contributed by atoms with E-state index in [4.69, 9.17) is 11.6 Å². The minimum atomic E-state index is -0.929. The molecule has 0 aliphatic heterocycles. The minimum Gasteiger partial charge on any atom is -0.389 e. The molecule has 0 aliphatic rings. The highest BCUT2D eigenvalue weighted by Gasteiger charge is 2.26. The molecule has 2 N–H and O–H groups in total. The highest BCUT2D eigenvalue weighted by atomic mass is 35.5. The van der Waals surface area contributed by atoms with Crippen LogP contribution in [0.1, 0.15) is 62.3 Å². The number of aryl methyl sites for hydroxylation is 1. The van der Waals surface area contributed by atoms with Crippen molar-refractivity contribution >= 4 is 40.4 Å². The molecule has 5 aromatic rings. The largest absolute Gasteiger partial charge is 0.389 e. The first-order valence-electron chi connectivity index (χ1n) is 16.2. The molecule has 0 aliphatic carbocycles. The van der Waals surface area contributed by atoms with Crippen LogP contribution < -0.4 is 10.2 Å². The van der Waals surface area contributed by atoms with E-state index >= 15 is 0 Å². The predicted molar refractivity (Wildman–Crippen MR) is 199 cm³/mol. The molecule has 0 fully saturated rings. The lowest BCUT2D eigenvalue weighted by Crippen LogP contribution is -2.49. The predicted octanol–water partition coefficient (Wildman–Crippen LogP) is 7.40. The minimum absolute atomic E-state index is 0.245. The van der Waals surface area contributed by atoms with E-state index in [1.165, 1.54) is 11.3 Å². The zero-order valence-electron chi connectivity index (χ0n) is 28.4. The van der Waals surface area contributed by atoms with Gasteiger partial charge in [-0.2, -0.15) is 0 Å². The lowest BCUT2D eigenvalue weighted by molar-refractivity contribution is 0.0785. The molecule has 0 unspecified atom stereocenters. The number of aliphatic hydroxyl groups is 1. The fourth-order valence-corrected chi connectivity index (χ4v) is 6.59. The highest BCUT2D eigenvalue weighted by molar-refractivity contribution is 7.09. The fourth-order valence-electron chi connectivity index (χ4n) is 5.57. The second-order valence-electron chi connectivity index (χ2n) is 12.7. The number of carbonyl (C=O) groups excluding carboxylic acids is 2. The van der Waals surface area contributed by atoms with Crippen LogP contribution >= 0.6 is 22.9 Å². The summed E-state index contributed by atoms with van der Waals surface area (Å²) in [6.07, 6.45) is 3.10. The average Bonchev–Trinajstić information content (AvgIpc) is 3.51. The van der Waals surface area contributed by atoms with Crippen molar-refractivity contribution in [1.82, 2.24) is 20.2 Å². The summed E-state index contributed by atoms with van der Waals surface area (Å²) in [6.45, 7) is 6.74. The van der Waals surface area contributed by atoms with E-state index in [9.17, 15) is 14.7 Å². The zero-order chi connectivity index (χ0) is 35.1. The van der Waals surface area contributed by atoms with Gasteiger partial charge in [0.05, 0.1) is 30.6 Å². The standard InChI is InChI=1S/C39H42ClN5O3S/c1-25(2)32-19-34(21-41-20-32)44(4)22-36(46)35(14-27-10-7-6-8-11-27)43-38(47)30-15-29(28-12-9-13-33(40)18-28)16-31(17-30)39(48)45(5)23-37-42-26(3)24-49-37/h6-13,15-21,24-25,35-36,46H,14,22-23H2,1-5H3,(H,43,47)/t35-,36+/m0/s1. The third kappa shape index (κ3) is 9.53. The van der Waals surface area contributed by atoms with Gasteiger partial charge in [-0.25, -0.2) is 4.98 Å². The first-order valence-corrected chi connectivity index (χ1v) is 17.5. The summed E-state index contributed by atoms with van der Waals surface area (Å²) in [5.74, 6) is -0.334. The summed E-state index contributed by atoms with van der Waals surface area (Å²) in [5.41, 5.74) is 5.96. The molecule has 3 aromatic carbocycles. The van der Waals surface area contributed by atoms with Crippen LogP contribution in [0.15, 0.2) is 96.6 Å². The lowest BCUT2D eigenvalue weighted by atomic mass is 9.97. The van der Waals surface area contributed by atoms with Crippen molar-refractivity contribution in [3.05, 3.63) is 135 Å². The van der Waals surface area contributed by atoms with Gasteiger partial charge in [0.2, 0.25) is 0 Å². The van der Waals surface area contributed by atoms with Gasteiger partial charge in [0.25, 0.3) is 11.8 Å². The van der Waals surface area contributed by atoms with E-state index in [-0.39, 0.29) is 12.5 Å². The van der Waals surface area contributed by atoms with Gasteiger partial charge in [-0.05, 0) is 77.9 Å². The fraction of sp³-hybridized carbons (Fsp3) is 0.282. The van der Waals surface area contributed by atoms with Gasteiger partial charge >= 0.3 is 0 Å². The molecule has 2 aromatic heterocycles. The number of aliphatic hydroxyl groups excluding tert-OH is 1. The maximum absolute atomic E-state index is 14.1. The summed E-state index contributed by atoms with van der Waals surface area (Å²) in [4.78, 5) is 40.3. The summed E-state index contributed by atoms with van der Waals surface area (Å²) < 4.78 is 0. The third-order valence-electron chi connectivity index (χ3n) is 8.38. The molecule has 0 spiro atoms. The summed E-state index contributed by atoms with van der Waals surface area (Å²) >= 11 is 7.84. The number of amides is 2. The third-order valence-corrected chi connectivity index (χ3v) is 9.57. The van der Waals surface area contributed by atoms with Crippen LogP contribution in [0.5, 0.6) is 0 Å². The molecule has 0 bridgehead atoms. The molecule has 0 saturated carbocycles. The van der Waals surface area contributed by atoms with Gasteiger partial charge in [0.1, 0.15) is 5.01 Å². The summed E-state index contributed by atoms with van der Waals surface area (Å²) in [7, 11) is 3.63. The van der Waals surface area contributed by atoms with E-state index < -0.39 is 18.1 Å². The van der Waals surface area contributed by atoms with Crippen LogP contribution in [0.2, 0.25) is 5.02 Å². The molecule has 0 radical (unpaired) electrons. The number of carbonyl (C=O) groups is 2. The summed E-state index contributed by atoms with van der Waals surface area (Å²) in [6, 6.07) is 23.6. The van der Waals surface area contributed by atoms with Crippen molar-refractivity contribution in [2.45, 2.75) is 51.8 Å². The maximum atomic E-state index is 14.1. The van der Waals surface area contributed by atoms with E-state index in [2.05, 4.69) is 35.2 Å². The van der Waals surface area contributed by atoms with Crippen molar-refractivity contribution in [1.29, 1.82) is 0 Å². The maximum Gasteiger partial charge on any atom is 0.254 e. The molecular weight excluding hydrogens is 654 g/mol. The quantitative estimate of drug-likeness (QED) is 0.133. The first-order chi connectivity index (χ1) is 23.5. The summed E-state index contributed by atoms with van der Waals surface area (Å²) in [5, 5.41) is 18.1. The van der Waals surface area contributed by atoms with Crippen molar-refractivity contribution in [3.8, 4) is 11.1 Å². The Labute approximate surface area is 297 Å². The SMILES string of the molecule is Cc1csc(CN(C)C(=O)c2cc(C(=O)N[C@@H](Cc3ccccc3)[C@H](O)CN(C)c3cncc(C(C)C)c3)cc(-c3cccc(Cl)c3)c2)n1. The Balaban J connectivity index is 1.44. The number of halogens is 1. The van der Waals surface area contributed by atoms with Gasteiger partial charge < -0.3 is 20.2 Å². The number of nitrogens with zero attached hydrogens (tertiary/aromatic N) is 4. The van der Waals surface area contributed by atoms with Gasteiger partial charge in [-0.1, -0.05) is 67.9 Å². The van der Waals surface area contributed by atoms with Crippen molar-refractivity contribution in [3.63, 3.8) is 0 Å². The molecule has 49 heavy (non-hydrogen) atoms. The van der Waals surface area contributed by atoms with Crippen LogP contribution in [0.3, 0.4) is 0 Å². The lowest BCUT2D eigenvalue weighted by Gasteiger charge is -2.29. The van der Waals surface area contributed by atoms with E-state index in [0.29, 0.717) is 40.6 Å². The van der Waals surface area contributed by atoms with Crippen molar-refractivity contribution < 1.29 is 14.7 Å². The normalized spacial score (nSPS) is 12.4. The Hall–Kier alpha value is -4.57.